The Labute approximate surface area is 209 Å². The first-order valence-electron chi connectivity index (χ1n) is 12.8. The summed E-state index contributed by atoms with van der Waals surface area (Å²) in [7, 11) is 2.10. The van der Waals surface area contributed by atoms with Gasteiger partial charge in [0, 0.05) is 33.9 Å². The second-order valence-corrected chi connectivity index (χ2v) is 12.6. The maximum atomic E-state index is 6.88. The number of allylic oxidation sites excluding steroid dienone is 4. The maximum Gasteiger partial charge on any atom is 0.216 e. The van der Waals surface area contributed by atoms with Gasteiger partial charge in [0.1, 0.15) is 18.2 Å². The van der Waals surface area contributed by atoms with Gasteiger partial charge in [-0.05, 0) is 47.0 Å². The highest BCUT2D eigenvalue weighted by Gasteiger charge is 2.52. The van der Waals surface area contributed by atoms with Crippen molar-refractivity contribution in [3.05, 3.63) is 83.1 Å². The molecule has 0 saturated heterocycles. The third kappa shape index (κ3) is 3.05. The highest BCUT2D eigenvalue weighted by Crippen LogP contribution is 2.65. The van der Waals surface area contributed by atoms with E-state index in [1.807, 2.05) is 0 Å². The normalized spacial score (nSPS) is 20.1. The SMILES string of the molecule is Cc1ccc2c(oc3c(C4=CC(C)(C)C5=C4C(C)(C)CC5(C)C)cccc32)c1-c1cccc[n+]1C. The molecular formula is C33H36NO+. The first-order valence-corrected chi connectivity index (χ1v) is 12.8. The van der Waals surface area contributed by atoms with Crippen LogP contribution in [0.3, 0.4) is 0 Å². The Bertz CT molecular complexity index is 1600. The number of aryl methyl sites for hydroxylation is 2. The molecule has 0 bridgehead atoms. The monoisotopic (exact) mass is 462 g/mol. The van der Waals surface area contributed by atoms with E-state index in [4.69, 9.17) is 4.42 Å². The molecular weight excluding hydrogens is 426 g/mol. The summed E-state index contributed by atoms with van der Waals surface area (Å²) in [6, 6.07) is 17.5. The van der Waals surface area contributed by atoms with Crippen molar-refractivity contribution in [1.29, 1.82) is 0 Å². The van der Waals surface area contributed by atoms with E-state index in [2.05, 4.69) is 121 Å². The molecule has 4 aromatic rings. The Kier molecular flexibility index (Phi) is 4.45. The van der Waals surface area contributed by atoms with Gasteiger partial charge in [-0.15, -0.1) is 0 Å². The zero-order valence-corrected chi connectivity index (χ0v) is 22.3. The van der Waals surface area contributed by atoms with Crippen LogP contribution in [-0.4, -0.2) is 0 Å². The van der Waals surface area contributed by atoms with Crippen LogP contribution in [0.15, 0.2) is 76.4 Å². The Morgan fingerprint density at radius 2 is 1.54 bits per heavy atom. The summed E-state index contributed by atoms with van der Waals surface area (Å²) in [5.74, 6) is 0. The predicted molar refractivity (Wildman–Crippen MR) is 146 cm³/mol. The van der Waals surface area contributed by atoms with Crippen LogP contribution in [0.4, 0.5) is 0 Å². The summed E-state index contributed by atoms with van der Waals surface area (Å²) in [6.07, 6.45) is 5.78. The summed E-state index contributed by atoms with van der Waals surface area (Å²) in [5.41, 5.74) is 11.6. The Balaban J connectivity index is 1.67. The summed E-state index contributed by atoms with van der Waals surface area (Å²) < 4.78 is 9.06. The number of furan rings is 1. The minimum Gasteiger partial charge on any atom is -0.454 e. The van der Waals surface area contributed by atoms with Crippen LogP contribution in [0.25, 0.3) is 38.8 Å². The molecule has 2 aromatic heterocycles. The number of aromatic nitrogens is 1. The van der Waals surface area contributed by atoms with E-state index in [9.17, 15) is 0 Å². The van der Waals surface area contributed by atoms with Crippen LogP contribution in [0, 0.1) is 23.2 Å². The van der Waals surface area contributed by atoms with Gasteiger partial charge in [0.05, 0.1) is 5.56 Å². The lowest BCUT2D eigenvalue weighted by Crippen LogP contribution is -2.30. The smallest absolute Gasteiger partial charge is 0.216 e. The van der Waals surface area contributed by atoms with E-state index in [-0.39, 0.29) is 16.2 Å². The average molecular weight is 463 g/mol. The number of nitrogens with zero attached hydrogens (tertiary/aromatic N) is 1. The van der Waals surface area contributed by atoms with E-state index in [1.165, 1.54) is 50.7 Å². The first kappa shape index (κ1) is 22.3. The van der Waals surface area contributed by atoms with Gasteiger partial charge in [-0.25, -0.2) is 4.57 Å². The van der Waals surface area contributed by atoms with Gasteiger partial charge in [0.25, 0.3) is 0 Å². The third-order valence-corrected chi connectivity index (χ3v) is 8.38. The fourth-order valence-corrected chi connectivity index (χ4v) is 7.64. The molecule has 0 atom stereocenters. The number of hydrogen-bond donors (Lipinski definition) is 0. The Hall–Kier alpha value is -3.13. The van der Waals surface area contributed by atoms with Crippen LogP contribution in [0.1, 0.15) is 59.1 Å². The minimum atomic E-state index is 0.0374. The van der Waals surface area contributed by atoms with Crippen molar-refractivity contribution < 1.29 is 8.98 Å². The fraction of sp³-hybridized carbons (Fsp3) is 0.364. The molecule has 2 heterocycles. The summed E-state index contributed by atoms with van der Waals surface area (Å²) >= 11 is 0. The summed E-state index contributed by atoms with van der Waals surface area (Å²) in [6.45, 7) is 16.6. The van der Waals surface area contributed by atoms with Gasteiger partial charge in [-0.2, -0.15) is 0 Å². The molecule has 0 unspecified atom stereocenters. The highest BCUT2D eigenvalue weighted by molar-refractivity contribution is 6.13. The number of fused-ring (bicyclic) bond motifs is 3. The molecule has 0 spiro atoms. The topological polar surface area (TPSA) is 17.0 Å². The molecule has 0 radical (unpaired) electrons. The highest BCUT2D eigenvalue weighted by atomic mass is 16.3. The number of hydrogen-bond acceptors (Lipinski definition) is 1. The quantitative estimate of drug-likeness (QED) is 0.273. The van der Waals surface area contributed by atoms with Crippen molar-refractivity contribution in [2.45, 2.75) is 54.9 Å². The van der Waals surface area contributed by atoms with Crippen molar-refractivity contribution in [3.63, 3.8) is 0 Å². The Morgan fingerprint density at radius 1 is 0.800 bits per heavy atom. The van der Waals surface area contributed by atoms with Crippen LogP contribution in [-0.2, 0) is 7.05 Å². The van der Waals surface area contributed by atoms with Crippen LogP contribution >= 0.6 is 0 Å². The fourth-order valence-electron chi connectivity index (χ4n) is 7.64. The molecule has 2 heteroatoms. The third-order valence-electron chi connectivity index (χ3n) is 8.38. The van der Waals surface area contributed by atoms with Crippen LogP contribution in [0.2, 0.25) is 0 Å². The summed E-state index contributed by atoms with van der Waals surface area (Å²) in [4.78, 5) is 0. The molecule has 2 nitrogen and oxygen atoms in total. The van der Waals surface area contributed by atoms with Crippen molar-refractivity contribution >= 4 is 27.5 Å². The van der Waals surface area contributed by atoms with E-state index < -0.39 is 0 Å². The van der Waals surface area contributed by atoms with E-state index in [0.29, 0.717) is 0 Å². The molecule has 178 valence electrons. The molecule has 2 aliphatic carbocycles. The van der Waals surface area contributed by atoms with Crippen LogP contribution < -0.4 is 4.57 Å². The number of benzene rings is 2. The van der Waals surface area contributed by atoms with Crippen molar-refractivity contribution in [2.24, 2.45) is 23.3 Å². The molecule has 2 aliphatic rings. The van der Waals surface area contributed by atoms with E-state index in [1.54, 1.807) is 5.57 Å². The van der Waals surface area contributed by atoms with Gasteiger partial charge >= 0.3 is 0 Å². The zero-order chi connectivity index (χ0) is 24.9. The van der Waals surface area contributed by atoms with Gasteiger partial charge in [-0.3, -0.25) is 0 Å². The van der Waals surface area contributed by atoms with E-state index >= 15 is 0 Å². The minimum absolute atomic E-state index is 0.0374. The zero-order valence-electron chi connectivity index (χ0n) is 22.3. The van der Waals surface area contributed by atoms with Crippen molar-refractivity contribution in [1.82, 2.24) is 0 Å². The lowest BCUT2D eigenvalue weighted by Gasteiger charge is -2.33. The predicted octanol–water partition coefficient (Wildman–Crippen LogP) is 8.56. The average Bonchev–Trinajstić information content (AvgIpc) is 3.35. The number of rotatable bonds is 2. The summed E-state index contributed by atoms with van der Waals surface area (Å²) in [5, 5.41) is 2.38. The Morgan fingerprint density at radius 3 is 2.29 bits per heavy atom. The van der Waals surface area contributed by atoms with Gasteiger partial charge in [-0.1, -0.05) is 83.5 Å². The molecule has 0 aliphatic heterocycles. The standard InChI is InChI=1S/C33H36NO/c1-20-15-16-23-21-12-11-13-22(28(21)35-29(23)26(20)25-14-9-10-17-34(25)8)24-18-31(2,3)30-27(24)32(4,5)19-33(30,6)7/h9-18H,19H2,1-8H3/q+1. The number of para-hydroxylation sites is 1. The van der Waals surface area contributed by atoms with Gasteiger partial charge < -0.3 is 4.42 Å². The lowest BCUT2D eigenvalue weighted by atomic mass is 9.71. The molecule has 6 rings (SSSR count). The molecule has 0 amide bonds. The molecule has 0 N–H and O–H groups in total. The number of pyridine rings is 1. The molecule has 0 saturated carbocycles. The molecule has 2 aromatic carbocycles. The largest absolute Gasteiger partial charge is 0.454 e. The second-order valence-electron chi connectivity index (χ2n) is 12.6. The van der Waals surface area contributed by atoms with Gasteiger partial charge in [0.2, 0.25) is 5.69 Å². The molecule has 0 fully saturated rings. The first-order chi connectivity index (χ1) is 16.4. The molecule has 35 heavy (non-hydrogen) atoms. The van der Waals surface area contributed by atoms with Crippen molar-refractivity contribution in [2.75, 3.05) is 0 Å². The van der Waals surface area contributed by atoms with Crippen LogP contribution in [0.5, 0.6) is 0 Å². The van der Waals surface area contributed by atoms with Gasteiger partial charge in [0.15, 0.2) is 6.20 Å². The van der Waals surface area contributed by atoms with Crippen molar-refractivity contribution in [3.8, 4) is 11.3 Å². The second kappa shape index (κ2) is 6.97. The lowest BCUT2D eigenvalue weighted by molar-refractivity contribution is -0.660. The van der Waals surface area contributed by atoms with E-state index in [0.717, 1.165) is 11.2 Å². The maximum absolute atomic E-state index is 6.88.